The Morgan fingerprint density at radius 2 is 1.72 bits per heavy atom. The van der Waals surface area contributed by atoms with Crippen molar-refractivity contribution in [1.29, 1.82) is 0 Å². The Hall–Kier alpha value is -1.88. The van der Waals surface area contributed by atoms with E-state index in [4.69, 9.17) is 10.2 Å². The van der Waals surface area contributed by atoms with Crippen LogP contribution in [-0.2, 0) is 4.79 Å². The summed E-state index contributed by atoms with van der Waals surface area (Å²) in [6.07, 6.45) is 0. The summed E-state index contributed by atoms with van der Waals surface area (Å²) in [5.74, 6) is -1.74. The van der Waals surface area contributed by atoms with Gasteiger partial charge in [0.05, 0.1) is 6.61 Å². The first-order valence-corrected chi connectivity index (χ1v) is 5.59. The predicted molar refractivity (Wildman–Crippen MR) is 66.6 cm³/mol. The number of carbonyl (C=O) groups excluding carboxylic acids is 1. The van der Waals surface area contributed by atoms with Gasteiger partial charge in [-0.2, -0.15) is 0 Å². The molecule has 1 atom stereocenters. The Morgan fingerprint density at radius 1 is 1.22 bits per heavy atom. The van der Waals surface area contributed by atoms with Crippen LogP contribution in [0.4, 0.5) is 0 Å². The highest BCUT2D eigenvalue weighted by atomic mass is 16.4. The number of hydrogen-bond donors (Lipinski definition) is 3. The number of aliphatic carboxylic acids is 1. The summed E-state index contributed by atoms with van der Waals surface area (Å²) in [7, 11) is 0. The monoisotopic (exact) mass is 251 g/mol. The number of aliphatic hydroxyl groups excluding tert-OH is 1. The van der Waals surface area contributed by atoms with Gasteiger partial charge in [-0.1, -0.05) is 17.7 Å². The molecule has 0 unspecified atom stereocenters. The lowest BCUT2D eigenvalue weighted by Crippen LogP contribution is -2.43. The van der Waals surface area contributed by atoms with E-state index in [1.54, 1.807) is 13.8 Å². The molecule has 1 amide bonds. The van der Waals surface area contributed by atoms with Gasteiger partial charge < -0.3 is 15.5 Å². The van der Waals surface area contributed by atoms with E-state index in [1.807, 2.05) is 19.1 Å². The molecule has 98 valence electrons. The third-order valence-electron chi connectivity index (χ3n) is 2.69. The molecular formula is C13H17NO4. The first kappa shape index (κ1) is 14.2. The zero-order valence-corrected chi connectivity index (χ0v) is 10.7. The van der Waals surface area contributed by atoms with Crippen molar-refractivity contribution in [2.45, 2.75) is 26.8 Å². The number of rotatable bonds is 4. The molecule has 0 saturated carbocycles. The molecule has 1 aromatic rings. The molecule has 0 aromatic heterocycles. The van der Waals surface area contributed by atoms with Gasteiger partial charge in [-0.25, -0.2) is 4.79 Å². The van der Waals surface area contributed by atoms with Crippen LogP contribution in [-0.4, -0.2) is 34.7 Å². The molecule has 0 aliphatic carbocycles. The molecule has 1 aromatic carbocycles. The number of carbonyl (C=O) groups is 2. The zero-order valence-electron chi connectivity index (χ0n) is 10.7. The standard InChI is InChI=1S/C13H17NO4/c1-7-4-8(2)11(9(3)5-7)12(16)14-10(6-15)13(17)18/h4-5,10,15H,6H2,1-3H3,(H,14,16)(H,17,18)/t10-/m0/s1. The third kappa shape index (κ3) is 3.07. The first-order valence-electron chi connectivity index (χ1n) is 5.59. The van der Waals surface area contributed by atoms with Gasteiger partial charge in [0.1, 0.15) is 0 Å². The van der Waals surface area contributed by atoms with Crippen molar-refractivity contribution in [2.24, 2.45) is 0 Å². The van der Waals surface area contributed by atoms with Crippen molar-refractivity contribution in [2.75, 3.05) is 6.61 Å². The topological polar surface area (TPSA) is 86.6 Å². The molecule has 18 heavy (non-hydrogen) atoms. The van der Waals surface area contributed by atoms with E-state index in [9.17, 15) is 9.59 Å². The Labute approximate surface area is 105 Å². The minimum absolute atomic E-state index is 0.459. The van der Waals surface area contributed by atoms with Gasteiger partial charge in [0.2, 0.25) is 0 Å². The number of aryl methyl sites for hydroxylation is 3. The van der Waals surface area contributed by atoms with E-state index in [1.165, 1.54) is 0 Å². The Balaban J connectivity index is 3.01. The van der Waals surface area contributed by atoms with Gasteiger partial charge in [-0.15, -0.1) is 0 Å². The Kier molecular flexibility index (Phi) is 4.44. The maximum Gasteiger partial charge on any atom is 0.328 e. The average Bonchev–Trinajstić information content (AvgIpc) is 2.23. The number of aliphatic hydroxyl groups is 1. The van der Waals surface area contributed by atoms with Crippen LogP contribution >= 0.6 is 0 Å². The molecule has 0 radical (unpaired) electrons. The second-order valence-electron chi connectivity index (χ2n) is 4.32. The maximum absolute atomic E-state index is 12.0. The molecule has 0 saturated heterocycles. The first-order chi connectivity index (χ1) is 8.36. The number of nitrogens with one attached hydrogen (secondary N) is 1. The van der Waals surface area contributed by atoms with Crippen LogP contribution in [0.3, 0.4) is 0 Å². The summed E-state index contributed by atoms with van der Waals surface area (Å²) in [5, 5.41) is 20.0. The van der Waals surface area contributed by atoms with Gasteiger partial charge in [0.25, 0.3) is 5.91 Å². The summed E-state index contributed by atoms with van der Waals surface area (Å²) >= 11 is 0. The van der Waals surface area contributed by atoms with Gasteiger partial charge >= 0.3 is 5.97 Å². The lowest BCUT2D eigenvalue weighted by Gasteiger charge is -2.15. The zero-order chi connectivity index (χ0) is 13.9. The fourth-order valence-electron chi connectivity index (χ4n) is 1.95. The number of hydrogen-bond acceptors (Lipinski definition) is 3. The van der Waals surface area contributed by atoms with E-state index in [0.717, 1.165) is 16.7 Å². The Morgan fingerprint density at radius 3 is 2.11 bits per heavy atom. The van der Waals surface area contributed by atoms with Gasteiger partial charge in [-0.3, -0.25) is 4.79 Å². The number of benzene rings is 1. The molecule has 5 nitrogen and oxygen atoms in total. The number of carboxylic acids is 1. The molecule has 0 fully saturated rings. The smallest absolute Gasteiger partial charge is 0.328 e. The average molecular weight is 251 g/mol. The van der Waals surface area contributed by atoms with Crippen LogP contribution in [0.25, 0.3) is 0 Å². The minimum Gasteiger partial charge on any atom is -0.480 e. The summed E-state index contributed by atoms with van der Waals surface area (Å²) < 4.78 is 0. The molecule has 3 N–H and O–H groups in total. The summed E-state index contributed by atoms with van der Waals surface area (Å²) in [6.45, 7) is 4.88. The fourth-order valence-corrected chi connectivity index (χ4v) is 1.95. The van der Waals surface area contributed by atoms with E-state index in [2.05, 4.69) is 5.32 Å². The second-order valence-corrected chi connectivity index (χ2v) is 4.32. The van der Waals surface area contributed by atoms with Crippen molar-refractivity contribution < 1.29 is 19.8 Å². The molecule has 0 aliphatic heterocycles. The lowest BCUT2D eigenvalue weighted by atomic mass is 9.99. The van der Waals surface area contributed by atoms with Crippen LogP contribution in [0, 0.1) is 20.8 Å². The van der Waals surface area contributed by atoms with Crippen LogP contribution < -0.4 is 5.32 Å². The molecule has 5 heteroatoms. The van der Waals surface area contributed by atoms with Crippen LogP contribution in [0.2, 0.25) is 0 Å². The highest BCUT2D eigenvalue weighted by molar-refractivity contribution is 5.99. The highest BCUT2D eigenvalue weighted by Crippen LogP contribution is 2.16. The molecule has 0 spiro atoms. The summed E-state index contributed by atoms with van der Waals surface area (Å²) in [5.41, 5.74) is 3.07. The van der Waals surface area contributed by atoms with E-state index in [-0.39, 0.29) is 0 Å². The Bertz CT molecular complexity index is 459. The quantitative estimate of drug-likeness (QED) is 0.738. The van der Waals surface area contributed by atoms with Crippen molar-refractivity contribution in [3.63, 3.8) is 0 Å². The minimum atomic E-state index is -1.28. The van der Waals surface area contributed by atoms with Crippen LogP contribution in [0.15, 0.2) is 12.1 Å². The van der Waals surface area contributed by atoms with E-state index < -0.39 is 24.5 Å². The molecule has 0 heterocycles. The van der Waals surface area contributed by atoms with E-state index >= 15 is 0 Å². The summed E-state index contributed by atoms with van der Waals surface area (Å²) in [6, 6.07) is 2.44. The molecule has 0 bridgehead atoms. The van der Waals surface area contributed by atoms with Gasteiger partial charge in [0, 0.05) is 5.56 Å². The lowest BCUT2D eigenvalue weighted by molar-refractivity contribution is -0.140. The molecular weight excluding hydrogens is 234 g/mol. The largest absolute Gasteiger partial charge is 0.480 e. The normalized spacial score (nSPS) is 12.0. The van der Waals surface area contributed by atoms with E-state index in [0.29, 0.717) is 5.56 Å². The van der Waals surface area contributed by atoms with Crippen molar-refractivity contribution in [1.82, 2.24) is 5.32 Å². The fraction of sp³-hybridized carbons (Fsp3) is 0.385. The van der Waals surface area contributed by atoms with Gasteiger partial charge in [0.15, 0.2) is 6.04 Å². The van der Waals surface area contributed by atoms with Crippen molar-refractivity contribution in [3.8, 4) is 0 Å². The van der Waals surface area contributed by atoms with Crippen LogP contribution in [0.5, 0.6) is 0 Å². The van der Waals surface area contributed by atoms with Crippen molar-refractivity contribution >= 4 is 11.9 Å². The number of carboxylic acid groups (broad SMARTS) is 1. The molecule has 0 aliphatic rings. The van der Waals surface area contributed by atoms with Crippen molar-refractivity contribution in [3.05, 3.63) is 34.4 Å². The summed E-state index contributed by atoms with van der Waals surface area (Å²) in [4.78, 5) is 22.7. The predicted octanol–water partition coefficient (Wildman–Crippen LogP) is 0.787. The third-order valence-corrected chi connectivity index (χ3v) is 2.69. The second kappa shape index (κ2) is 5.64. The maximum atomic E-state index is 12.0. The van der Waals surface area contributed by atoms with Gasteiger partial charge in [-0.05, 0) is 31.9 Å². The molecule has 1 rings (SSSR count). The SMILES string of the molecule is Cc1cc(C)c(C(=O)N[C@@H](CO)C(=O)O)c(C)c1. The highest BCUT2D eigenvalue weighted by Gasteiger charge is 2.21. The number of amides is 1. The van der Waals surface area contributed by atoms with Crippen LogP contribution in [0.1, 0.15) is 27.0 Å².